The van der Waals surface area contributed by atoms with Crippen LogP contribution in [-0.4, -0.2) is 22.2 Å². The van der Waals surface area contributed by atoms with Gasteiger partial charge in [-0.05, 0) is 40.4 Å². The van der Waals surface area contributed by atoms with E-state index in [0.29, 0.717) is 6.61 Å². The van der Waals surface area contributed by atoms with Gasteiger partial charge < -0.3 is 15.0 Å². The summed E-state index contributed by atoms with van der Waals surface area (Å²) in [6.45, 7) is 3.48. The van der Waals surface area contributed by atoms with Crippen LogP contribution in [0.15, 0.2) is 41.4 Å². The molecule has 0 saturated carbocycles. The molecule has 0 aliphatic carbocycles. The van der Waals surface area contributed by atoms with E-state index in [4.69, 9.17) is 10.5 Å². The molecule has 2 rings (SSSR count). The lowest BCUT2D eigenvalue weighted by molar-refractivity contribution is 0.293. The van der Waals surface area contributed by atoms with Crippen molar-refractivity contribution >= 4 is 15.9 Å². The summed E-state index contributed by atoms with van der Waals surface area (Å²) in [6.07, 6.45) is 7.27. The van der Waals surface area contributed by atoms with Crippen molar-refractivity contribution in [2.45, 2.75) is 32.4 Å². The fourth-order valence-electron chi connectivity index (χ4n) is 1.97. The van der Waals surface area contributed by atoms with Crippen LogP contribution in [0.2, 0.25) is 0 Å². The zero-order valence-corrected chi connectivity index (χ0v) is 13.2. The van der Waals surface area contributed by atoms with E-state index in [1.54, 1.807) is 12.5 Å². The Morgan fingerprint density at radius 1 is 1.45 bits per heavy atom. The molecule has 2 N–H and O–H groups in total. The van der Waals surface area contributed by atoms with Gasteiger partial charge >= 0.3 is 0 Å². The molecule has 0 aliphatic rings. The molecule has 1 aromatic carbocycles. The average Bonchev–Trinajstić information content (AvgIpc) is 2.95. The van der Waals surface area contributed by atoms with Crippen LogP contribution in [0.5, 0.6) is 5.75 Å². The van der Waals surface area contributed by atoms with Gasteiger partial charge in [-0.3, -0.25) is 0 Å². The second kappa shape index (κ2) is 7.45. The van der Waals surface area contributed by atoms with Crippen molar-refractivity contribution in [2.24, 2.45) is 5.73 Å². The van der Waals surface area contributed by atoms with Crippen molar-refractivity contribution in [3.63, 3.8) is 0 Å². The summed E-state index contributed by atoms with van der Waals surface area (Å²) >= 11 is 3.55. The SMILES string of the molecule is CCC(N)Cc1cccc(Br)c1OCCn1ccnc1. The van der Waals surface area contributed by atoms with Gasteiger partial charge in [0.05, 0.1) is 17.3 Å². The van der Waals surface area contributed by atoms with Gasteiger partial charge in [-0.1, -0.05) is 19.1 Å². The fraction of sp³-hybridized carbons (Fsp3) is 0.400. The third-order valence-electron chi connectivity index (χ3n) is 3.21. The first-order chi connectivity index (χ1) is 9.70. The van der Waals surface area contributed by atoms with Gasteiger partial charge in [0, 0.05) is 18.4 Å². The minimum atomic E-state index is 0.167. The van der Waals surface area contributed by atoms with E-state index in [-0.39, 0.29) is 6.04 Å². The monoisotopic (exact) mass is 337 g/mol. The maximum absolute atomic E-state index is 6.05. The number of hydrogen-bond donors (Lipinski definition) is 1. The zero-order chi connectivity index (χ0) is 14.4. The summed E-state index contributed by atoms with van der Waals surface area (Å²) in [5.74, 6) is 0.900. The van der Waals surface area contributed by atoms with E-state index in [1.165, 1.54) is 0 Å². The number of ether oxygens (including phenoxy) is 1. The molecule has 4 nitrogen and oxygen atoms in total. The quantitative estimate of drug-likeness (QED) is 0.844. The first kappa shape index (κ1) is 15.1. The van der Waals surface area contributed by atoms with Crippen LogP contribution in [0.1, 0.15) is 18.9 Å². The first-order valence-electron chi connectivity index (χ1n) is 6.82. The van der Waals surface area contributed by atoms with Gasteiger partial charge in [-0.15, -0.1) is 0 Å². The highest BCUT2D eigenvalue weighted by Gasteiger charge is 2.11. The number of hydrogen-bond acceptors (Lipinski definition) is 3. The number of aromatic nitrogens is 2. The van der Waals surface area contributed by atoms with E-state index in [0.717, 1.165) is 35.2 Å². The first-order valence-corrected chi connectivity index (χ1v) is 7.61. The molecule has 20 heavy (non-hydrogen) atoms. The Bertz CT molecular complexity index is 528. The molecule has 108 valence electrons. The van der Waals surface area contributed by atoms with E-state index in [1.807, 2.05) is 22.9 Å². The van der Waals surface area contributed by atoms with Gasteiger partial charge in [0.15, 0.2) is 0 Å². The maximum atomic E-state index is 6.05. The number of halogens is 1. The van der Waals surface area contributed by atoms with Crippen molar-refractivity contribution in [3.05, 3.63) is 47.0 Å². The summed E-state index contributed by atoms with van der Waals surface area (Å²) in [6, 6.07) is 6.26. The Labute approximate surface area is 128 Å². The molecular formula is C15H20BrN3O. The Morgan fingerprint density at radius 2 is 2.30 bits per heavy atom. The Hall–Kier alpha value is -1.33. The van der Waals surface area contributed by atoms with Crippen molar-refractivity contribution in [3.8, 4) is 5.75 Å². The molecule has 0 fully saturated rings. The summed E-state index contributed by atoms with van der Waals surface area (Å²) in [5.41, 5.74) is 7.20. The second-order valence-electron chi connectivity index (χ2n) is 4.75. The number of para-hydroxylation sites is 1. The van der Waals surface area contributed by atoms with Crippen LogP contribution in [0, 0.1) is 0 Å². The van der Waals surface area contributed by atoms with Gasteiger partial charge in [0.2, 0.25) is 0 Å². The summed E-state index contributed by atoms with van der Waals surface area (Å²) in [5, 5.41) is 0. The van der Waals surface area contributed by atoms with Crippen molar-refractivity contribution in [1.29, 1.82) is 0 Å². The lowest BCUT2D eigenvalue weighted by Gasteiger charge is -2.16. The second-order valence-corrected chi connectivity index (χ2v) is 5.60. The van der Waals surface area contributed by atoms with Crippen LogP contribution >= 0.6 is 15.9 Å². The fourth-order valence-corrected chi connectivity index (χ4v) is 2.50. The molecule has 0 bridgehead atoms. The summed E-state index contributed by atoms with van der Waals surface area (Å²) in [7, 11) is 0. The van der Waals surface area contributed by atoms with Gasteiger partial charge in [-0.25, -0.2) is 4.98 Å². The third-order valence-corrected chi connectivity index (χ3v) is 3.83. The van der Waals surface area contributed by atoms with Crippen LogP contribution in [0.3, 0.4) is 0 Å². The molecule has 0 amide bonds. The van der Waals surface area contributed by atoms with E-state index < -0.39 is 0 Å². The zero-order valence-electron chi connectivity index (χ0n) is 11.6. The molecule has 1 unspecified atom stereocenters. The maximum Gasteiger partial charge on any atom is 0.136 e. The highest BCUT2D eigenvalue weighted by Crippen LogP contribution is 2.30. The van der Waals surface area contributed by atoms with Gasteiger partial charge in [-0.2, -0.15) is 0 Å². The van der Waals surface area contributed by atoms with Crippen LogP contribution in [0.4, 0.5) is 0 Å². The highest BCUT2D eigenvalue weighted by molar-refractivity contribution is 9.10. The molecule has 1 atom stereocenters. The van der Waals surface area contributed by atoms with Crippen LogP contribution in [-0.2, 0) is 13.0 Å². The molecule has 0 spiro atoms. The minimum Gasteiger partial charge on any atom is -0.490 e. The molecular weight excluding hydrogens is 318 g/mol. The highest BCUT2D eigenvalue weighted by atomic mass is 79.9. The normalized spacial score (nSPS) is 12.3. The van der Waals surface area contributed by atoms with Gasteiger partial charge in [0.25, 0.3) is 0 Å². The number of nitrogens with zero attached hydrogens (tertiary/aromatic N) is 2. The number of rotatable bonds is 7. The van der Waals surface area contributed by atoms with E-state index in [2.05, 4.69) is 33.9 Å². The van der Waals surface area contributed by atoms with E-state index >= 15 is 0 Å². The largest absolute Gasteiger partial charge is 0.490 e. The Kier molecular flexibility index (Phi) is 5.61. The topological polar surface area (TPSA) is 53.1 Å². The molecule has 0 saturated heterocycles. The molecule has 0 radical (unpaired) electrons. The standard InChI is InChI=1S/C15H20BrN3O/c1-2-13(17)10-12-4-3-5-14(16)15(12)20-9-8-19-7-6-18-11-19/h3-7,11,13H,2,8-10,17H2,1H3. The predicted octanol–water partition coefficient (Wildman–Crippen LogP) is 3.00. The lowest BCUT2D eigenvalue weighted by Crippen LogP contribution is -2.22. The van der Waals surface area contributed by atoms with E-state index in [9.17, 15) is 0 Å². The predicted molar refractivity (Wildman–Crippen MR) is 83.8 cm³/mol. The Balaban J connectivity index is 2.01. The number of nitrogens with two attached hydrogens (primary N) is 1. The number of imidazole rings is 1. The van der Waals surface area contributed by atoms with Crippen LogP contribution < -0.4 is 10.5 Å². The molecule has 2 aromatic rings. The van der Waals surface area contributed by atoms with Crippen molar-refractivity contribution in [2.75, 3.05) is 6.61 Å². The van der Waals surface area contributed by atoms with Crippen molar-refractivity contribution in [1.82, 2.24) is 9.55 Å². The third kappa shape index (κ3) is 4.08. The van der Waals surface area contributed by atoms with Crippen molar-refractivity contribution < 1.29 is 4.74 Å². The molecule has 5 heteroatoms. The lowest BCUT2D eigenvalue weighted by atomic mass is 10.0. The summed E-state index contributed by atoms with van der Waals surface area (Å²) in [4.78, 5) is 4.02. The summed E-state index contributed by atoms with van der Waals surface area (Å²) < 4.78 is 8.91. The molecule has 0 aliphatic heterocycles. The van der Waals surface area contributed by atoms with Gasteiger partial charge in [0.1, 0.15) is 12.4 Å². The molecule has 1 aromatic heterocycles. The number of benzene rings is 1. The minimum absolute atomic E-state index is 0.167. The van der Waals surface area contributed by atoms with Crippen LogP contribution in [0.25, 0.3) is 0 Å². The average molecular weight is 338 g/mol. The molecule has 1 heterocycles. The smallest absolute Gasteiger partial charge is 0.136 e. The Morgan fingerprint density at radius 3 is 3.00 bits per heavy atom.